The molecule has 2 aromatic rings. The molecule has 0 spiro atoms. The van der Waals surface area contributed by atoms with Crippen LogP contribution in [0.1, 0.15) is 11.3 Å². The first-order valence-corrected chi connectivity index (χ1v) is 7.76. The summed E-state index contributed by atoms with van der Waals surface area (Å²) in [5.74, 6) is -0.954. The molecule has 0 bridgehead atoms. The Bertz CT molecular complexity index is 826. The van der Waals surface area contributed by atoms with Gasteiger partial charge in [-0.25, -0.2) is 0 Å². The van der Waals surface area contributed by atoms with Gasteiger partial charge in [-0.05, 0) is 25.1 Å². The van der Waals surface area contributed by atoms with Crippen LogP contribution in [0.5, 0.6) is 0 Å². The number of H-pyrrole nitrogens is 1. The van der Waals surface area contributed by atoms with Crippen molar-refractivity contribution in [2.45, 2.75) is 18.3 Å². The van der Waals surface area contributed by atoms with Crippen molar-refractivity contribution in [1.82, 2.24) is 15.2 Å². The van der Waals surface area contributed by atoms with Crippen LogP contribution in [0.4, 0.5) is 18.9 Å². The summed E-state index contributed by atoms with van der Waals surface area (Å²) in [6.07, 6.45) is -4.66. The number of amides is 1. The van der Waals surface area contributed by atoms with Crippen molar-refractivity contribution < 1.29 is 18.0 Å². The average Bonchev–Trinajstić information content (AvgIpc) is 2.49. The number of carbonyl (C=O) groups excluding carboxylic acids is 1. The molecule has 0 aliphatic heterocycles. The topological polar surface area (TPSA) is 87.7 Å². The Labute approximate surface area is 142 Å². The molecule has 0 radical (unpaired) electrons. The third kappa shape index (κ3) is 4.71. The minimum atomic E-state index is -4.66. The first kappa shape index (κ1) is 18.3. The molecule has 0 saturated carbocycles. The molecule has 2 N–H and O–H groups in total. The average molecular weight is 379 g/mol. The number of rotatable bonds is 4. The second-order valence-corrected chi connectivity index (χ2v) is 5.97. The van der Waals surface area contributed by atoms with Gasteiger partial charge < -0.3 is 5.32 Å². The van der Waals surface area contributed by atoms with Crippen LogP contribution in [-0.2, 0) is 11.0 Å². The lowest BCUT2D eigenvalue weighted by molar-refractivity contribution is -0.137. The molecular formula is C13H10ClF3N4O2S. The molecule has 0 atom stereocenters. The lowest BCUT2D eigenvalue weighted by Crippen LogP contribution is -2.19. The van der Waals surface area contributed by atoms with Gasteiger partial charge in [0.15, 0.2) is 5.16 Å². The van der Waals surface area contributed by atoms with Crippen molar-refractivity contribution in [3.8, 4) is 0 Å². The van der Waals surface area contributed by atoms with Gasteiger partial charge >= 0.3 is 6.18 Å². The number of benzene rings is 1. The van der Waals surface area contributed by atoms with Gasteiger partial charge in [0.1, 0.15) is 5.69 Å². The zero-order valence-electron chi connectivity index (χ0n) is 12.1. The third-order valence-corrected chi connectivity index (χ3v) is 3.84. The van der Waals surface area contributed by atoms with Gasteiger partial charge in [-0.3, -0.25) is 14.6 Å². The number of hydrogen-bond donors (Lipinski definition) is 2. The molecule has 1 heterocycles. The molecule has 2 rings (SSSR count). The Morgan fingerprint density at radius 2 is 2.08 bits per heavy atom. The highest BCUT2D eigenvalue weighted by atomic mass is 35.5. The molecular weight excluding hydrogens is 369 g/mol. The van der Waals surface area contributed by atoms with Gasteiger partial charge in [0.05, 0.1) is 17.0 Å². The second kappa shape index (κ2) is 7.22. The monoisotopic (exact) mass is 378 g/mol. The normalized spacial score (nSPS) is 11.4. The minimum Gasteiger partial charge on any atom is -0.325 e. The van der Waals surface area contributed by atoms with Gasteiger partial charge in [0.25, 0.3) is 5.56 Å². The van der Waals surface area contributed by atoms with Gasteiger partial charge in [-0.1, -0.05) is 23.4 Å². The summed E-state index contributed by atoms with van der Waals surface area (Å²) in [5, 5.41) is 9.41. The molecule has 11 heteroatoms. The molecule has 1 aromatic heterocycles. The van der Waals surface area contributed by atoms with Crippen LogP contribution in [0.15, 0.2) is 28.2 Å². The molecule has 0 fully saturated rings. The number of nitrogens with zero attached hydrogens (tertiary/aromatic N) is 2. The van der Waals surface area contributed by atoms with Crippen molar-refractivity contribution in [3.05, 3.63) is 44.8 Å². The first-order valence-electron chi connectivity index (χ1n) is 6.40. The SMILES string of the molecule is Cc1nnc(SCC(=O)Nc2ccc(Cl)cc2C(F)(F)F)[nH]c1=O. The van der Waals surface area contributed by atoms with E-state index in [1.807, 2.05) is 0 Å². The lowest BCUT2D eigenvalue weighted by Gasteiger charge is -2.14. The summed E-state index contributed by atoms with van der Waals surface area (Å²) >= 11 is 6.40. The Hall–Kier alpha value is -2.07. The summed E-state index contributed by atoms with van der Waals surface area (Å²) in [4.78, 5) is 25.6. The molecule has 128 valence electrons. The largest absolute Gasteiger partial charge is 0.418 e. The third-order valence-electron chi connectivity index (χ3n) is 2.74. The number of nitrogens with one attached hydrogen (secondary N) is 2. The predicted octanol–water partition coefficient (Wildman–Crippen LogP) is 2.88. The maximum atomic E-state index is 12.9. The number of anilines is 1. The molecule has 0 aliphatic rings. The smallest absolute Gasteiger partial charge is 0.325 e. The highest BCUT2D eigenvalue weighted by molar-refractivity contribution is 7.99. The van der Waals surface area contributed by atoms with Crippen LogP contribution < -0.4 is 10.9 Å². The van der Waals surface area contributed by atoms with Crippen LogP contribution in [0.3, 0.4) is 0 Å². The lowest BCUT2D eigenvalue weighted by atomic mass is 10.1. The molecule has 0 saturated heterocycles. The molecule has 6 nitrogen and oxygen atoms in total. The molecule has 1 amide bonds. The molecule has 1 aromatic carbocycles. The highest BCUT2D eigenvalue weighted by Gasteiger charge is 2.34. The Morgan fingerprint density at radius 3 is 2.71 bits per heavy atom. The van der Waals surface area contributed by atoms with Crippen LogP contribution >= 0.6 is 23.4 Å². The Kier molecular flexibility index (Phi) is 5.50. The Balaban J connectivity index is 2.07. The van der Waals surface area contributed by atoms with Crippen molar-refractivity contribution in [2.24, 2.45) is 0 Å². The quantitative estimate of drug-likeness (QED) is 0.799. The number of hydrogen-bond acceptors (Lipinski definition) is 5. The maximum Gasteiger partial charge on any atom is 0.418 e. The van der Waals surface area contributed by atoms with E-state index in [-0.39, 0.29) is 21.6 Å². The number of aromatic nitrogens is 3. The zero-order valence-corrected chi connectivity index (χ0v) is 13.6. The van der Waals surface area contributed by atoms with Crippen LogP contribution in [0.2, 0.25) is 5.02 Å². The zero-order chi connectivity index (χ0) is 17.9. The van der Waals surface area contributed by atoms with E-state index in [2.05, 4.69) is 20.5 Å². The summed E-state index contributed by atoms with van der Waals surface area (Å²) in [6.45, 7) is 1.46. The molecule has 24 heavy (non-hydrogen) atoms. The van der Waals surface area contributed by atoms with E-state index in [9.17, 15) is 22.8 Å². The molecule has 0 aliphatic carbocycles. The number of aryl methyl sites for hydroxylation is 1. The fourth-order valence-corrected chi connectivity index (χ4v) is 2.40. The standard InChI is InChI=1S/C13H10ClF3N4O2S/c1-6-11(23)19-12(21-20-6)24-5-10(22)18-9-3-2-7(14)4-8(9)13(15,16)17/h2-4H,5H2,1H3,(H,18,22)(H,19,21,23). The van der Waals surface area contributed by atoms with E-state index in [1.165, 1.54) is 13.0 Å². The number of halogens is 4. The van der Waals surface area contributed by atoms with Gasteiger partial charge in [0, 0.05) is 5.02 Å². The fraction of sp³-hybridized carbons (Fsp3) is 0.231. The van der Waals surface area contributed by atoms with Crippen molar-refractivity contribution in [1.29, 1.82) is 0 Å². The van der Waals surface area contributed by atoms with Crippen molar-refractivity contribution >= 4 is 35.0 Å². The van der Waals surface area contributed by atoms with Gasteiger partial charge in [-0.2, -0.15) is 13.2 Å². The fourth-order valence-electron chi connectivity index (χ4n) is 1.62. The first-order chi connectivity index (χ1) is 11.2. The van der Waals surface area contributed by atoms with E-state index in [1.54, 1.807) is 0 Å². The van der Waals surface area contributed by atoms with Gasteiger partial charge in [-0.15, -0.1) is 10.2 Å². The number of aromatic amines is 1. The predicted molar refractivity (Wildman–Crippen MR) is 83.2 cm³/mol. The van der Waals surface area contributed by atoms with Crippen molar-refractivity contribution in [2.75, 3.05) is 11.1 Å². The van der Waals surface area contributed by atoms with Crippen LogP contribution in [0, 0.1) is 6.92 Å². The number of carbonyl (C=O) groups is 1. The minimum absolute atomic E-state index is 0.0906. The highest BCUT2D eigenvalue weighted by Crippen LogP contribution is 2.36. The maximum absolute atomic E-state index is 12.9. The van der Waals surface area contributed by atoms with E-state index in [0.29, 0.717) is 0 Å². The van der Waals surface area contributed by atoms with Gasteiger partial charge in [0.2, 0.25) is 5.91 Å². The van der Waals surface area contributed by atoms with E-state index in [4.69, 9.17) is 11.6 Å². The summed E-state index contributed by atoms with van der Waals surface area (Å²) in [5.41, 5.74) is -1.73. The second-order valence-electron chi connectivity index (χ2n) is 4.57. The van der Waals surface area contributed by atoms with E-state index in [0.717, 1.165) is 23.9 Å². The van der Waals surface area contributed by atoms with E-state index >= 15 is 0 Å². The molecule has 0 unspecified atom stereocenters. The van der Waals surface area contributed by atoms with Crippen molar-refractivity contribution in [3.63, 3.8) is 0 Å². The summed E-state index contributed by atoms with van der Waals surface area (Å²) in [7, 11) is 0. The van der Waals surface area contributed by atoms with E-state index < -0.39 is 28.9 Å². The Morgan fingerprint density at radius 1 is 1.38 bits per heavy atom. The van der Waals surface area contributed by atoms with Crippen LogP contribution in [-0.4, -0.2) is 26.8 Å². The van der Waals surface area contributed by atoms with Crippen LogP contribution in [0.25, 0.3) is 0 Å². The summed E-state index contributed by atoms with van der Waals surface area (Å²) in [6, 6.07) is 3.04. The summed E-state index contributed by atoms with van der Waals surface area (Å²) < 4.78 is 38.8. The number of alkyl halides is 3. The number of thioether (sulfide) groups is 1.